The van der Waals surface area contributed by atoms with E-state index in [2.05, 4.69) is 5.32 Å². The standard InChI is InChI=1S/C12H20N2O2/c1-4-8(2)11(13)12(15)14-9(3)10-6-5-7-16-10/h5-9,11H,4,13H2,1-3H3,(H,14,15). The van der Waals surface area contributed by atoms with Gasteiger partial charge in [0.2, 0.25) is 5.91 Å². The van der Waals surface area contributed by atoms with Gasteiger partial charge in [-0.15, -0.1) is 0 Å². The largest absolute Gasteiger partial charge is 0.467 e. The van der Waals surface area contributed by atoms with E-state index in [0.29, 0.717) is 0 Å². The summed E-state index contributed by atoms with van der Waals surface area (Å²) in [4.78, 5) is 11.8. The number of furan rings is 1. The molecule has 0 aliphatic rings. The van der Waals surface area contributed by atoms with Gasteiger partial charge in [0.1, 0.15) is 5.76 Å². The minimum Gasteiger partial charge on any atom is -0.467 e. The second-order valence-electron chi connectivity index (χ2n) is 4.16. The van der Waals surface area contributed by atoms with E-state index in [4.69, 9.17) is 10.2 Å². The average molecular weight is 224 g/mol. The quantitative estimate of drug-likeness (QED) is 0.801. The van der Waals surface area contributed by atoms with Crippen LogP contribution in [0.25, 0.3) is 0 Å². The molecule has 1 amide bonds. The van der Waals surface area contributed by atoms with E-state index in [0.717, 1.165) is 12.2 Å². The van der Waals surface area contributed by atoms with Crippen LogP contribution in [0.15, 0.2) is 22.8 Å². The highest BCUT2D eigenvalue weighted by Gasteiger charge is 2.21. The lowest BCUT2D eigenvalue weighted by Gasteiger charge is -2.20. The minimum atomic E-state index is -0.456. The van der Waals surface area contributed by atoms with Crippen LogP contribution < -0.4 is 11.1 Å². The van der Waals surface area contributed by atoms with Crippen molar-refractivity contribution in [3.05, 3.63) is 24.2 Å². The summed E-state index contributed by atoms with van der Waals surface area (Å²) in [6.45, 7) is 5.87. The van der Waals surface area contributed by atoms with Crippen molar-refractivity contribution in [3.8, 4) is 0 Å². The van der Waals surface area contributed by atoms with E-state index < -0.39 is 6.04 Å². The van der Waals surface area contributed by atoms with Gasteiger partial charge in [-0.1, -0.05) is 20.3 Å². The van der Waals surface area contributed by atoms with E-state index in [-0.39, 0.29) is 17.9 Å². The molecule has 0 aliphatic carbocycles. The van der Waals surface area contributed by atoms with Gasteiger partial charge in [0.15, 0.2) is 0 Å². The van der Waals surface area contributed by atoms with Crippen molar-refractivity contribution in [3.63, 3.8) is 0 Å². The fourth-order valence-electron chi connectivity index (χ4n) is 1.43. The molecule has 0 saturated heterocycles. The van der Waals surface area contributed by atoms with Crippen LogP contribution in [0, 0.1) is 5.92 Å². The Balaban J connectivity index is 2.51. The first kappa shape index (κ1) is 12.8. The Bertz CT molecular complexity index is 322. The van der Waals surface area contributed by atoms with Crippen molar-refractivity contribution in [1.29, 1.82) is 0 Å². The molecule has 4 nitrogen and oxygen atoms in total. The first-order chi connectivity index (χ1) is 7.56. The predicted molar refractivity (Wildman–Crippen MR) is 62.7 cm³/mol. The number of carbonyl (C=O) groups excluding carboxylic acids is 1. The summed E-state index contributed by atoms with van der Waals surface area (Å²) in [5.74, 6) is 0.798. The second-order valence-corrected chi connectivity index (χ2v) is 4.16. The number of nitrogens with one attached hydrogen (secondary N) is 1. The van der Waals surface area contributed by atoms with Gasteiger partial charge in [0.05, 0.1) is 18.3 Å². The molecule has 0 aliphatic heterocycles. The van der Waals surface area contributed by atoms with Gasteiger partial charge in [-0.2, -0.15) is 0 Å². The van der Waals surface area contributed by atoms with Crippen LogP contribution in [0.3, 0.4) is 0 Å². The summed E-state index contributed by atoms with van der Waals surface area (Å²) in [5, 5.41) is 2.84. The summed E-state index contributed by atoms with van der Waals surface area (Å²) in [7, 11) is 0. The zero-order valence-electron chi connectivity index (χ0n) is 10.1. The fourth-order valence-corrected chi connectivity index (χ4v) is 1.43. The fraction of sp³-hybridized carbons (Fsp3) is 0.583. The zero-order chi connectivity index (χ0) is 12.1. The van der Waals surface area contributed by atoms with Crippen LogP contribution in [-0.2, 0) is 4.79 Å². The maximum absolute atomic E-state index is 11.8. The smallest absolute Gasteiger partial charge is 0.237 e. The molecule has 1 heterocycles. The molecule has 4 heteroatoms. The molecule has 0 bridgehead atoms. The van der Waals surface area contributed by atoms with Crippen LogP contribution in [0.1, 0.15) is 39.0 Å². The molecule has 0 spiro atoms. The maximum Gasteiger partial charge on any atom is 0.237 e. The highest BCUT2D eigenvalue weighted by Crippen LogP contribution is 2.13. The molecule has 3 N–H and O–H groups in total. The van der Waals surface area contributed by atoms with Crippen molar-refractivity contribution in [2.45, 2.75) is 39.3 Å². The molecule has 1 rings (SSSR count). The molecule has 16 heavy (non-hydrogen) atoms. The van der Waals surface area contributed by atoms with Crippen molar-refractivity contribution in [2.24, 2.45) is 11.7 Å². The number of amides is 1. The van der Waals surface area contributed by atoms with Gasteiger partial charge in [0, 0.05) is 0 Å². The number of hydrogen-bond acceptors (Lipinski definition) is 3. The Morgan fingerprint density at radius 2 is 2.25 bits per heavy atom. The molecule has 90 valence electrons. The van der Waals surface area contributed by atoms with Crippen molar-refractivity contribution in [1.82, 2.24) is 5.32 Å². The van der Waals surface area contributed by atoms with Crippen LogP contribution >= 0.6 is 0 Å². The molecule has 1 aromatic rings. The molecule has 3 atom stereocenters. The minimum absolute atomic E-state index is 0.127. The second kappa shape index (κ2) is 5.70. The molecular formula is C12H20N2O2. The Hall–Kier alpha value is -1.29. The number of rotatable bonds is 5. The molecule has 0 fully saturated rings. The highest BCUT2D eigenvalue weighted by molar-refractivity contribution is 5.82. The van der Waals surface area contributed by atoms with Gasteiger partial charge in [-0.05, 0) is 25.0 Å². The van der Waals surface area contributed by atoms with Gasteiger partial charge >= 0.3 is 0 Å². The monoisotopic (exact) mass is 224 g/mol. The predicted octanol–water partition coefficient (Wildman–Crippen LogP) is 1.83. The van der Waals surface area contributed by atoms with Crippen molar-refractivity contribution >= 4 is 5.91 Å². The summed E-state index contributed by atoms with van der Waals surface area (Å²) in [5.41, 5.74) is 5.83. The summed E-state index contributed by atoms with van der Waals surface area (Å²) >= 11 is 0. The normalized spacial score (nSPS) is 16.5. The molecule has 0 saturated carbocycles. The third-order valence-electron chi connectivity index (χ3n) is 2.89. The van der Waals surface area contributed by atoms with Crippen molar-refractivity contribution in [2.75, 3.05) is 0 Å². The van der Waals surface area contributed by atoms with Gasteiger partial charge in [0.25, 0.3) is 0 Å². The number of carbonyl (C=O) groups is 1. The SMILES string of the molecule is CCC(C)C(N)C(=O)NC(C)c1ccco1. The van der Waals surface area contributed by atoms with E-state index in [1.165, 1.54) is 0 Å². The third-order valence-corrected chi connectivity index (χ3v) is 2.89. The highest BCUT2D eigenvalue weighted by atomic mass is 16.3. The van der Waals surface area contributed by atoms with Gasteiger partial charge < -0.3 is 15.5 Å². The van der Waals surface area contributed by atoms with Gasteiger partial charge in [-0.25, -0.2) is 0 Å². The third kappa shape index (κ3) is 3.10. The first-order valence-corrected chi connectivity index (χ1v) is 5.65. The number of nitrogens with two attached hydrogens (primary N) is 1. The molecular weight excluding hydrogens is 204 g/mol. The average Bonchev–Trinajstić information content (AvgIpc) is 2.80. The van der Waals surface area contributed by atoms with Crippen LogP contribution in [-0.4, -0.2) is 11.9 Å². The molecule has 3 unspecified atom stereocenters. The van der Waals surface area contributed by atoms with Gasteiger partial charge in [-0.3, -0.25) is 4.79 Å². The Morgan fingerprint density at radius 1 is 1.56 bits per heavy atom. The topological polar surface area (TPSA) is 68.3 Å². The van der Waals surface area contributed by atoms with E-state index in [1.54, 1.807) is 12.3 Å². The molecule has 0 aromatic carbocycles. The van der Waals surface area contributed by atoms with Crippen LogP contribution in [0.5, 0.6) is 0 Å². The first-order valence-electron chi connectivity index (χ1n) is 5.65. The summed E-state index contributed by atoms with van der Waals surface area (Å²) in [6.07, 6.45) is 2.48. The van der Waals surface area contributed by atoms with E-state index in [9.17, 15) is 4.79 Å². The molecule has 1 aromatic heterocycles. The zero-order valence-corrected chi connectivity index (χ0v) is 10.1. The lowest BCUT2D eigenvalue weighted by atomic mass is 9.99. The van der Waals surface area contributed by atoms with E-state index in [1.807, 2.05) is 26.8 Å². The lowest BCUT2D eigenvalue weighted by molar-refractivity contribution is -0.124. The van der Waals surface area contributed by atoms with Crippen molar-refractivity contribution < 1.29 is 9.21 Å². The van der Waals surface area contributed by atoms with Crippen LogP contribution in [0.2, 0.25) is 0 Å². The lowest BCUT2D eigenvalue weighted by Crippen LogP contribution is -2.45. The molecule has 0 radical (unpaired) electrons. The number of hydrogen-bond donors (Lipinski definition) is 2. The maximum atomic E-state index is 11.8. The Morgan fingerprint density at radius 3 is 2.75 bits per heavy atom. The summed E-state index contributed by atoms with van der Waals surface area (Å²) < 4.78 is 5.21. The Kier molecular flexibility index (Phi) is 4.55. The summed E-state index contributed by atoms with van der Waals surface area (Å²) in [6, 6.07) is 3.03. The Labute approximate surface area is 96.2 Å². The van der Waals surface area contributed by atoms with E-state index >= 15 is 0 Å². The van der Waals surface area contributed by atoms with Crippen LogP contribution in [0.4, 0.5) is 0 Å².